The molecular weight excluding hydrogens is 256 g/mol. The van der Waals surface area contributed by atoms with E-state index in [1.807, 2.05) is 11.3 Å². The van der Waals surface area contributed by atoms with Gasteiger partial charge in [-0.3, -0.25) is 0 Å². The minimum atomic E-state index is 0.770. The van der Waals surface area contributed by atoms with Crippen molar-refractivity contribution < 1.29 is 4.74 Å². The number of hydrogen-bond acceptors (Lipinski definition) is 4. The standard InChI is InChI=1S/C15H26N2OS/c1-2-7-16-12-14-5-6-15(19-14)13-18-11-10-17-8-3-4-9-17/h5-6,16H,2-4,7-13H2,1H3. The lowest BCUT2D eigenvalue weighted by atomic mass is 10.4. The second kappa shape index (κ2) is 8.69. The number of ether oxygens (including phenoxy) is 1. The van der Waals surface area contributed by atoms with Crippen LogP contribution in [0.25, 0.3) is 0 Å². The summed E-state index contributed by atoms with van der Waals surface area (Å²) in [6.45, 7) is 9.53. The van der Waals surface area contributed by atoms with Crippen molar-refractivity contribution in [3.63, 3.8) is 0 Å². The predicted octanol–water partition coefficient (Wildman–Crippen LogP) is 2.86. The van der Waals surface area contributed by atoms with Crippen LogP contribution in [0.5, 0.6) is 0 Å². The zero-order valence-corrected chi connectivity index (χ0v) is 12.8. The molecule has 0 bridgehead atoms. The second-order valence-electron chi connectivity index (χ2n) is 5.15. The van der Waals surface area contributed by atoms with Crippen LogP contribution in [-0.2, 0) is 17.9 Å². The average Bonchev–Trinajstić information content (AvgIpc) is 3.06. The highest BCUT2D eigenvalue weighted by molar-refractivity contribution is 7.11. The smallest absolute Gasteiger partial charge is 0.0810 e. The van der Waals surface area contributed by atoms with E-state index in [-0.39, 0.29) is 0 Å². The van der Waals surface area contributed by atoms with Crippen molar-refractivity contribution in [2.45, 2.75) is 39.3 Å². The summed E-state index contributed by atoms with van der Waals surface area (Å²) in [6, 6.07) is 4.41. The Kier molecular flexibility index (Phi) is 6.85. The molecular formula is C15H26N2OS. The lowest BCUT2D eigenvalue weighted by molar-refractivity contribution is 0.101. The van der Waals surface area contributed by atoms with Gasteiger partial charge in [-0.15, -0.1) is 11.3 Å². The molecule has 1 N–H and O–H groups in total. The quantitative estimate of drug-likeness (QED) is 0.705. The van der Waals surface area contributed by atoms with Crippen LogP contribution in [0.4, 0.5) is 0 Å². The van der Waals surface area contributed by atoms with Crippen molar-refractivity contribution in [3.8, 4) is 0 Å². The molecule has 1 saturated heterocycles. The summed E-state index contributed by atoms with van der Waals surface area (Å²) in [6.07, 6.45) is 3.91. The molecule has 0 amide bonds. The van der Waals surface area contributed by atoms with Gasteiger partial charge in [0.2, 0.25) is 0 Å². The molecule has 0 radical (unpaired) electrons. The fourth-order valence-electron chi connectivity index (χ4n) is 2.36. The lowest BCUT2D eigenvalue weighted by Gasteiger charge is -2.13. The Hall–Kier alpha value is -0.420. The minimum absolute atomic E-state index is 0.770. The maximum absolute atomic E-state index is 5.77. The third kappa shape index (κ3) is 5.61. The van der Waals surface area contributed by atoms with E-state index in [0.717, 1.165) is 32.8 Å². The molecule has 0 spiro atoms. The first kappa shape index (κ1) is 15.0. The van der Waals surface area contributed by atoms with Crippen molar-refractivity contribution in [1.82, 2.24) is 10.2 Å². The van der Waals surface area contributed by atoms with Crippen LogP contribution in [0.15, 0.2) is 12.1 Å². The van der Waals surface area contributed by atoms with Gasteiger partial charge in [0.1, 0.15) is 0 Å². The monoisotopic (exact) mass is 282 g/mol. The van der Waals surface area contributed by atoms with Crippen LogP contribution in [0.1, 0.15) is 35.9 Å². The van der Waals surface area contributed by atoms with Gasteiger partial charge in [0.25, 0.3) is 0 Å². The van der Waals surface area contributed by atoms with E-state index < -0.39 is 0 Å². The summed E-state index contributed by atoms with van der Waals surface area (Å²) < 4.78 is 5.77. The molecule has 0 saturated carbocycles. The van der Waals surface area contributed by atoms with E-state index in [1.165, 1.54) is 42.1 Å². The number of hydrogen-bond donors (Lipinski definition) is 1. The van der Waals surface area contributed by atoms with Gasteiger partial charge < -0.3 is 15.0 Å². The molecule has 1 aliphatic heterocycles. The minimum Gasteiger partial charge on any atom is -0.375 e. The van der Waals surface area contributed by atoms with Crippen LogP contribution < -0.4 is 5.32 Å². The Bertz CT molecular complexity index is 348. The van der Waals surface area contributed by atoms with E-state index in [0.29, 0.717) is 0 Å². The van der Waals surface area contributed by atoms with Crippen LogP contribution in [0, 0.1) is 0 Å². The molecule has 4 heteroatoms. The normalized spacial score (nSPS) is 16.3. The summed E-state index contributed by atoms with van der Waals surface area (Å²) in [5.41, 5.74) is 0. The van der Waals surface area contributed by atoms with Crippen LogP contribution in [0.2, 0.25) is 0 Å². The van der Waals surface area contributed by atoms with Crippen molar-refractivity contribution in [1.29, 1.82) is 0 Å². The molecule has 1 aliphatic rings. The van der Waals surface area contributed by atoms with Gasteiger partial charge in [0.05, 0.1) is 13.2 Å². The van der Waals surface area contributed by atoms with Crippen molar-refractivity contribution in [2.24, 2.45) is 0 Å². The molecule has 3 nitrogen and oxygen atoms in total. The summed E-state index contributed by atoms with van der Waals surface area (Å²) in [7, 11) is 0. The van der Waals surface area contributed by atoms with Gasteiger partial charge in [0.15, 0.2) is 0 Å². The highest BCUT2D eigenvalue weighted by Gasteiger charge is 2.10. The molecule has 108 valence electrons. The molecule has 2 rings (SSSR count). The summed E-state index contributed by atoms with van der Waals surface area (Å²) >= 11 is 1.86. The highest BCUT2D eigenvalue weighted by Crippen LogP contribution is 2.17. The van der Waals surface area contributed by atoms with E-state index in [2.05, 4.69) is 29.3 Å². The summed E-state index contributed by atoms with van der Waals surface area (Å²) in [5.74, 6) is 0. The zero-order chi connectivity index (χ0) is 13.3. The van der Waals surface area contributed by atoms with Crippen LogP contribution in [0.3, 0.4) is 0 Å². The molecule has 2 heterocycles. The molecule has 1 fully saturated rings. The molecule has 0 aliphatic carbocycles. The lowest BCUT2D eigenvalue weighted by Crippen LogP contribution is -2.23. The SMILES string of the molecule is CCCNCc1ccc(COCCN2CCCC2)s1. The topological polar surface area (TPSA) is 24.5 Å². The Morgan fingerprint density at radius 2 is 2.05 bits per heavy atom. The zero-order valence-electron chi connectivity index (χ0n) is 12.0. The van der Waals surface area contributed by atoms with E-state index in [4.69, 9.17) is 4.74 Å². The maximum Gasteiger partial charge on any atom is 0.0810 e. The van der Waals surface area contributed by atoms with E-state index in [1.54, 1.807) is 0 Å². The number of nitrogens with zero attached hydrogens (tertiary/aromatic N) is 1. The van der Waals surface area contributed by atoms with E-state index >= 15 is 0 Å². The number of nitrogens with one attached hydrogen (secondary N) is 1. The molecule has 0 aromatic carbocycles. The number of rotatable bonds is 9. The van der Waals surface area contributed by atoms with Gasteiger partial charge in [0, 0.05) is 22.8 Å². The van der Waals surface area contributed by atoms with Gasteiger partial charge in [-0.2, -0.15) is 0 Å². The first-order chi connectivity index (χ1) is 9.38. The van der Waals surface area contributed by atoms with Gasteiger partial charge in [-0.25, -0.2) is 0 Å². The van der Waals surface area contributed by atoms with Gasteiger partial charge >= 0.3 is 0 Å². The molecule has 19 heavy (non-hydrogen) atoms. The average molecular weight is 282 g/mol. The molecule has 0 unspecified atom stereocenters. The third-order valence-corrected chi connectivity index (χ3v) is 4.50. The summed E-state index contributed by atoms with van der Waals surface area (Å²) in [5, 5.41) is 3.43. The third-order valence-electron chi connectivity index (χ3n) is 3.44. The highest BCUT2D eigenvalue weighted by atomic mass is 32.1. The first-order valence-corrected chi connectivity index (χ1v) is 8.28. The van der Waals surface area contributed by atoms with Gasteiger partial charge in [-0.1, -0.05) is 6.92 Å². The molecule has 1 aromatic rings. The molecule has 0 atom stereocenters. The second-order valence-corrected chi connectivity index (χ2v) is 6.40. The first-order valence-electron chi connectivity index (χ1n) is 7.47. The molecule has 1 aromatic heterocycles. The van der Waals surface area contributed by atoms with Crippen LogP contribution in [-0.4, -0.2) is 37.7 Å². The Morgan fingerprint density at radius 1 is 1.26 bits per heavy atom. The Balaban J connectivity index is 1.57. The predicted molar refractivity (Wildman–Crippen MR) is 81.6 cm³/mol. The number of likely N-dealkylation sites (tertiary alicyclic amines) is 1. The van der Waals surface area contributed by atoms with E-state index in [9.17, 15) is 0 Å². The van der Waals surface area contributed by atoms with Crippen LogP contribution >= 0.6 is 11.3 Å². The Labute approximate surface area is 121 Å². The number of thiophene rings is 1. The van der Waals surface area contributed by atoms with Crippen molar-refractivity contribution in [2.75, 3.05) is 32.8 Å². The summed E-state index contributed by atoms with van der Waals surface area (Å²) in [4.78, 5) is 5.25. The van der Waals surface area contributed by atoms with Crippen molar-refractivity contribution in [3.05, 3.63) is 21.9 Å². The maximum atomic E-state index is 5.77. The fourth-order valence-corrected chi connectivity index (χ4v) is 3.28. The fraction of sp³-hybridized carbons (Fsp3) is 0.733. The van der Waals surface area contributed by atoms with Crippen molar-refractivity contribution >= 4 is 11.3 Å². The largest absolute Gasteiger partial charge is 0.375 e. The Morgan fingerprint density at radius 3 is 2.84 bits per heavy atom. The van der Waals surface area contributed by atoms with Gasteiger partial charge in [-0.05, 0) is 51.0 Å².